The number of aliphatic hydroxyl groups is 1. The van der Waals surface area contributed by atoms with Crippen LogP contribution in [-0.2, 0) is 10.1 Å². The zero-order valence-electron chi connectivity index (χ0n) is 4.44. The lowest BCUT2D eigenvalue weighted by Crippen LogP contribution is -2.50. The molecule has 0 radical (unpaired) electrons. The molecule has 0 aromatic heterocycles. The molecule has 1 aliphatic heterocycles. The van der Waals surface area contributed by atoms with Crippen LogP contribution in [0.2, 0.25) is 0 Å². The maximum atomic E-state index is 10.2. The fourth-order valence-corrected chi connectivity index (χ4v) is 2.67. The summed E-state index contributed by atoms with van der Waals surface area (Å²) in [5.41, 5.74) is 0. The Hall–Kier alpha value is 0.220. The van der Waals surface area contributed by atoms with E-state index in [1.165, 1.54) is 11.8 Å². The predicted molar refractivity (Wildman–Crippen MR) is 33.8 cm³/mol. The summed E-state index contributed by atoms with van der Waals surface area (Å²) in [5, 5.41) is 8.89. The molecule has 0 bridgehead atoms. The molecule has 2 N–H and O–H groups in total. The van der Waals surface area contributed by atoms with E-state index < -0.39 is 15.1 Å². The normalized spacial score (nSPS) is 25.1. The van der Waals surface area contributed by atoms with Gasteiger partial charge in [-0.05, 0) is 0 Å². The molecule has 0 aromatic carbocycles. The Morgan fingerprint density at radius 1 is 1.44 bits per heavy atom. The maximum absolute atomic E-state index is 10.2. The van der Waals surface area contributed by atoms with Gasteiger partial charge in [0.15, 0.2) is 0 Å². The third-order valence-corrected chi connectivity index (χ3v) is 4.11. The van der Waals surface area contributed by atoms with Crippen LogP contribution in [0.25, 0.3) is 0 Å². The molecule has 6 heteroatoms. The van der Waals surface area contributed by atoms with E-state index in [4.69, 9.17) is 9.66 Å². The average molecular weight is 170 g/mol. The second-order valence-corrected chi connectivity index (χ2v) is 4.61. The summed E-state index contributed by atoms with van der Waals surface area (Å²) in [5.74, 6) is 0.150. The highest BCUT2D eigenvalue weighted by Gasteiger charge is 2.47. The Kier molecular flexibility index (Phi) is 1.51. The first-order chi connectivity index (χ1) is 3.96. The Morgan fingerprint density at radius 2 is 1.89 bits per heavy atom. The Labute approximate surface area is 57.0 Å². The first-order valence-corrected chi connectivity index (χ1v) is 4.82. The van der Waals surface area contributed by atoms with Gasteiger partial charge in [-0.1, -0.05) is 0 Å². The third kappa shape index (κ3) is 1.07. The van der Waals surface area contributed by atoms with Gasteiger partial charge in [0.25, 0.3) is 10.1 Å². The fourth-order valence-electron chi connectivity index (χ4n) is 0.426. The van der Waals surface area contributed by atoms with Gasteiger partial charge in [0.1, 0.15) is 0 Å². The van der Waals surface area contributed by atoms with Crippen molar-refractivity contribution in [2.45, 2.75) is 4.93 Å². The molecule has 0 aliphatic carbocycles. The second kappa shape index (κ2) is 1.85. The quantitative estimate of drug-likeness (QED) is 0.509. The summed E-state index contributed by atoms with van der Waals surface area (Å²) in [6, 6.07) is 0. The first-order valence-electron chi connectivity index (χ1n) is 2.23. The van der Waals surface area contributed by atoms with Crippen molar-refractivity contribution in [1.29, 1.82) is 0 Å². The molecule has 0 unspecified atom stereocenters. The van der Waals surface area contributed by atoms with Gasteiger partial charge in [-0.3, -0.25) is 4.55 Å². The Morgan fingerprint density at radius 3 is 1.89 bits per heavy atom. The molecule has 9 heavy (non-hydrogen) atoms. The number of hydrogen-bond donors (Lipinski definition) is 2. The summed E-state index contributed by atoms with van der Waals surface area (Å²) in [6.45, 7) is 0. The Bertz CT molecular complexity index is 202. The van der Waals surface area contributed by atoms with Crippen molar-refractivity contribution in [2.24, 2.45) is 0 Å². The van der Waals surface area contributed by atoms with E-state index in [0.29, 0.717) is 0 Å². The molecule has 1 heterocycles. The van der Waals surface area contributed by atoms with Crippen molar-refractivity contribution in [3.05, 3.63) is 0 Å². The lowest BCUT2D eigenvalue weighted by atomic mass is 10.4. The van der Waals surface area contributed by atoms with Gasteiger partial charge >= 0.3 is 0 Å². The highest BCUT2D eigenvalue weighted by atomic mass is 32.2. The first kappa shape index (κ1) is 7.33. The number of rotatable bonds is 1. The van der Waals surface area contributed by atoms with E-state index in [0.717, 1.165) is 0 Å². The van der Waals surface area contributed by atoms with E-state index in [2.05, 4.69) is 0 Å². The molecule has 1 aliphatic rings. The lowest BCUT2D eigenvalue weighted by Gasteiger charge is -2.31. The summed E-state index contributed by atoms with van der Waals surface area (Å²) in [6.07, 6.45) is 0. The van der Waals surface area contributed by atoms with Gasteiger partial charge < -0.3 is 5.11 Å². The summed E-state index contributed by atoms with van der Waals surface area (Å²) in [7, 11) is -4.23. The molecular weight excluding hydrogens is 164 g/mol. The minimum atomic E-state index is -4.23. The maximum Gasteiger partial charge on any atom is 0.296 e. The third-order valence-electron chi connectivity index (χ3n) is 1.14. The second-order valence-electron chi connectivity index (χ2n) is 1.91. The minimum absolute atomic E-state index is 0.0752. The molecule has 0 amide bonds. The van der Waals surface area contributed by atoms with E-state index in [-0.39, 0.29) is 11.5 Å². The lowest BCUT2D eigenvalue weighted by molar-refractivity contribution is 0.150. The Balaban J connectivity index is 2.84. The van der Waals surface area contributed by atoms with Gasteiger partial charge in [-0.2, -0.15) is 20.2 Å². The van der Waals surface area contributed by atoms with Crippen LogP contribution in [0.4, 0.5) is 0 Å². The van der Waals surface area contributed by atoms with Crippen molar-refractivity contribution in [3.63, 3.8) is 0 Å². The standard InChI is InChI=1S/C3H6O4S2/c4-3(1-8-2-3)9(5,6)7/h4H,1-2H2,(H,5,6,7). The highest BCUT2D eigenvalue weighted by molar-refractivity contribution is 8.04. The number of thioether (sulfide) groups is 1. The van der Waals surface area contributed by atoms with Crippen molar-refractivity contribution >= 4 is 21.9 Å². The number of hydrogen-bond acceptors (Lipinski definition) is 4. The molecule has 0 spiro atoms. The van der Waals surface area contributed by atoms with Crippen LogP contribution in [0, 0.1) is 0 Å². The summed E-state index contributed by atoms with van der Waals surface area (Å²) < 4.78 is 28.8. The largest absolute Gasteiger partial charge is 0.371 e. The molecule has 0 aromatic rings. The SMILES string of the molecule is O=S(=O)(O)C1(O)CSC1. The van der Waals surface area contributed by atoms with Crippen LogP contribution in [0.15, 0.2) is 0 Å². The van der Waals surface area contributed by atoms with Gasteiger partial charge in [0.05, 0.1) is 0 Å². The van der Waals surface area contributed by atoms with Crippen LogP contribution < -0.4 is 0 Å². The molecular formula is C3H6O4S2. The fraction of sp³-hybridized carbons (Fsp3) is 1.00. The molecule has 4 nitrogen and oxygen atoms in total. The van der Waals surface area contributed by atoms with E-state index in [1.54, 1.807) is 0 Å². The molecule has 1 saturated heterocycles. The van der Waals surface area contributed by atoms with Crippen LogP contribution >= 0.6 is 11.8 Å². The van der Waals surface area contributed by atoms with Crippen LogP contribution in [0.3, 0.4) is 0 Å². The van der Waals surface area contributed by atoms with Crippen molar-refractivity contribution in [3.8, 4) is 0 Å². The molecule has 1 rings (SSSR count). The summed E-state index contributed by atoms with van der Waals surface area (Å²) in [4.78, 5) is -1.85. The van der Waals surface area contributed by atoms with Gasteiger partial charge in [0, 0.05) is 11.5 Å². The zero-order valence-corrected chi connectivity index (χ0v) is 6.07. The van der Waals surface area contributed by atoms with Gasteiger partial charge in [0.2, 0.25) is 4.93 Å². The van der Waals surface area contributed by atoms with Crippen molar-refractivity contribution in [2.75, 3.05) is 11.5 Å². The van der Waals surface area contributed by atoms with Crippen LogP contribution in [-0.4, -0.2) is 34.5 Å². The smallest absolute Gasteiger partial charge is 0.296 e. The predicted octanol–water partition coefficient (Wildman–Crippen LogP) is -0.690. The van der Waals surface area contributed by atoms with Crippen LogP contribution in [0.1, 0.15) is 0 Å². The monoisotopic (exact) mass is 170 g/mol. The van der Waals surface area contributed by atoms with Gasteiger partial charge in [-0.25, -0.2) is 0 Å². The van der Waals surface area contributed by atoms with Crippen molar-refractivity contribution in [1.82, 2.24) is 0 Å². The molecule has 0 saturated carbocycles. The van der Waals surface area contributed by atoms with E-state index >= 15 is 0 Å². The summed E-state index contributed by atoms with van der Waals surface area (Å²) >= 11 is 1.28. The van der Waals surface area contributed by atoms with Crippen LogP contribution in [0.5, 0.6) is 0 Å². The zero-order chi connectivity index (χ0) is 7.12. The average Bonchev–Trinajstić information content (AvgIpc) is 1.57. The minimum Gasteiger partial charge on any atom is -0.371 e. The van der Waals surface area contributed by atoms with E-state index in [9.17, 15) is 8.42 Å². The highest BCUT2D eigenvalue weighted by Crippen LogP contribution is 2.33. The molecule has 54 valence electrons. The topological polar surface area (TPSA) is 74.6 Å². The van der Waals surface area contributed by atoms with E-state index in [1.807, 2.05) is 0 Å². The van der Waals surface area contributed by atoms with Crippen molar-refractivity contribution < 1.29 is 18.1 Å². The molecule has 1 fully saturated rings. The van der Waals surface area contributed by atoms with Gasteiger partial charge in [-0.15, -0.1) is 0 Å². The molecule has 0 atom stereocenters.